The summed E-state index contributed by atoms with van der Waals surface area (Å²) >= 11 is 0. The Morgan fingerprint density at radius 2 is 1.94 bits per heavy atom. The molecule has 1 aliphatic carbocycles. The van der Waals surface area contributed by atoms with Crippen molar-refractivity contribution in [3.8, 4) is 0 Å². The molecule has 94 valence electrons. The summed E-state index contributed by atoms with van der Waals surface area (Å²) in [6, 6.07) is 0. The molecular formula is C14H27NO. The van der Waals surface area contributed by atoms with Gasteiger partial charge in [-0.05, 0) is 38.1 Å². The molecule has 2 nitrogen and oxygen atoms in total. The molecular weight excluding hydrogens is 198 g/mol. The number of likely N-dealkylation sites (tertiary alicyclic amines) is 1. The highest BCUT2D eigenvalue weighted by molar-refractivity contribution is 4.84. The molecule has 0 radical (unpaired) electrons. The van der Waals surface area contributed by atoms with Gasteiger partial charge in [0.05, 0.1) is 0 Å². The maximum absolute atomic E-state index is 9.45. The SMILES string of the molecule is CC1(CO)CCCN(CC2CCCCC2)C1. The molecule has 0 aromatic rings. The molecule has 2 aliphatic rings. The number of hydrogen-bond donors (Lipinski definition) is 1. The van der Waals surface area contributed by atoms with Crippen LogP contribution in [0.1, 0.15) is 51.9 Å². The molecule has 0 spiro atoms. The first-order valence-corrected chi connectivity index (χ1v) is 7.05. The summed E-state index contributed by atoms with van der Waals surface area (Å²) in [7, 11) is 0. The van der Waals surface area contributed by atoms with Crippen molar-refractivity contribution in [3.63, 3.8) is 0 Å². The molecule has 0 aromatic carbocycles. The standard InChI is InChI=1S/C14H27NO/c1-14(12-16)8-5-9-15(11-14)10-13-6-3-2-4-7-13/h13,16H,2-12H2,1H3. The Balaban J connectivity index is 1.80. The highest BCUT2D eigenvalue weighted by Crippen LogP contribution is 2.31. The van der Waals surface area contributed by atoms with Gasteiger partial charge in [-0.2, -0.15) is 0 Å². The van der Waals surface area contributed by atoms with E-state index >= 15 is 0 Å². The predicted octanol–water partition coefficient (Wildman–Crippen LogP) is 2.66. The van der Waals surface area contributed by atoms with Crippen LogP contribution in [-0.2, 0) is 0 Å². The van der Waals surface area contributed by atoms with Crippen LogP contribution in [-0.4, -0.2) is 36.2 Å². The third kappa shape index (κ3) is 3.21. The summed E-state index contributed by atoms with van der Waals surface area (Å²) in [5, 5.41) is 9.45. The Bertz CT molecular complexity index is 213. The van der Waals surface area contributed by atoms with Gasteiger partial charge in [0, 0.05) is 25.1 Å². The average Bonchev–Trinajstić information content (AvgIpc) is 2.30. The van der Waals surface area contributed by atoms with Gasteiger partial charge < -0.3 is 10.0 Å². The van der Waals surface area contributed by atoms with E-state index in [1.54, 1.807) is 0 Å². The van der Waals surface area contributed by atoms with Crippen LogP contribution in [0.15, 0.2) is 0 Å². The van der Waals surface area contributed by atoms with Crippen molar-refractivity contribution in [2.75, 3.05) is 26.2 Å². The lowest BCUT2D eigenvalue weighted by molar-refractivity contribution is 0.0361. The fourth-order valence-electron chi connectivity index (χ4n) is 3.45. The second kappa shape index (κ2) is 5.50. The summed E-state index contributed by atoms with van der Waals surface area (Å²) in [6.07, 6.45) is 9.67. The quantitative estimate of drug-likeness (QED) is 0.798. The summed E-state index contributed by atoms with van der Waals surface area (Å²) < 4.78 is 0. The molecule has 2 heteroatoms. The fourth-order valence-corrected chi connectivity index (χ4v) is 3.45. The molecule has 1 atom stereocenters. The molecule has 1 saturated heterocycles. The van der Waals surface area contributed by atoms with Crippen LogP contribution in [0.5, 0.6) is 0 Å². The van der Waals surface area contributed by atoms with Gasteiger partial charge in [0.2, 0.25) is 0 Å². The van der Waals surface area contributed by atoms with Crippen molar-refractivity contribution in [1.82, 2.24) is 4.90 Å². The first-order valence-electron chi connectivity index (χ1n) is 7.05. The zero-order valence-corrected chi connectivity index (χ0v) is 10.7. The lowest BCUT2D eigenvalue weighted by Gasteiger charge is -2.41. The molecule has 16 heavy (non-hydrogen) atoms. The van der Waals surface area contributed by atoms with Crippen LogP contribution in [0.3, 0.4) is 0 Å². The Morgan fingerprint density at radius 1 is 1.19 bits per heavy atom. The van der Waals surface area contributed by atoms with Crippen molar-refractivity contribution >= 4 is 0 Å². The van der Waals surface area contributed by atoms with Crippen molar-refractivity contribution < 1.29 is 5.11 Å². The van der Waals surface area contributed by atoms with Gasteiger partial charge in [-0.15, -0.1) is 0 Å². The number of rotatable bonds is 3. The monoisotopic (exact) mass is 225 g/mol. The maximum Gasteiger partial charge on any atom is 0.0497 e. The van der Waals surface area contributed by atoms with Gasteiger partial charge in [-0.3, -0.25) is 0 Å². The zero-order valence-electron chi connectivity index (χ0n) is 10.7. The molecule has 1 heterocycles. The first kappa shape index (κ1) is 12.4. The molecule has 1 aliphatic heterocycles. The van der Waals surface area contributed by atoms with Crippen LogP contribution < -0.4 is 0 Å². The Hall–Kier alpha value is -0.0800. The topological polar surface area (TPSA) is 23.5 Å². The molecule has 2 fully saturated rings. The molecule has 2 rings (SSSR count). The molecule has 1 saturated carbocycles. The van der Waals surface area contributed by atoms with Crippen molar-refractivity contribution in [2.45, 2.75) is 51.9 Å². The van der Waals surface area contributed by atoms with Crippen LogP contribution in [0.25, 0.3) is 0 Å². The maximum atomic E-state index is 9.45. The number of piperidine rings is 1. The van der Waals surface area contributed by atoms with Gasteiger partial charge in [0.15, 0.2) is 0 Å². The summed E-state index contributed by atoms with van der Waals surface area (Å²) in [4.78, 5) is 2.61. The lowest BCUT2D eigenvalue weighted by Crippen LogP contribution is -2.45. The number of aliphatic hydroxyl groups excluding tert-OH is 1. The Kier molecular flexibility index (Phi) is 4.26. The molecule has 0 bridgehead atoms. The van der Waals surface area contributed by atoms with Crippen LogP contribution in [0.2, 0.25) is 0 Å². The third-order valence-corrected chi connectivity index (χ3v) is 4.48. The molecule has 0 aromatic heterocycles. The number of hydrogen-bond acceptors (Lipinski definition) is 2. The zero-order chi connectivity index (χ0) is 11.4. The van der Waals surface area contributed by atoms with E-state index < -0.39 is 0 Å². The van der Waals surface area contributed by atoms with Crippen LogP contribution >= 0.6 is 0 Å². The van der Waals surface area contributed by atoms with Crippen molar-refractivity contribution in [2.24, 2.45) is 11.3 Å². The fraction of sp³-hybridized carbons (Fsp3) is 1.00. The average molecular weight is 225 g/mol. The predicted molar refractivity (Wildman–Crippen MR) is 67.4 cm³/mol. The second-order valence-corrected chi connectivity index (χ2v) is 6.31. The van der Waals surface area contributed by atoms with E-state index in [4.69, 9.17) is 0 Å². The number of aliphatic hydroxyl groups is 1. The van der Waals surface area contributed by atoms with Crippen molar-refractivity contribution in [1.29, 1.82) is 0 Å². The summed E-state index contributed by atoms with van der Waals surface area (Å²) in [5.41, 5.74) is 0.174. The lowest BCUT2D eigenvalue weighted by atomic mass is 9.81. The van der Waals surface area contributed by atoms with Crippen LogP contribution in [0, 0.1) is 11.3 Å². The van der Waals surface area contributed by atoms with E-state index in [1.165, 1.54) is 58.0 Å². The van der Waals surface area contributed by atoms with Gasteiger partial charge in [0.25, 0.3) is 0 Å². The minimum Gasteiger partial charge on any atom is -0.396 e. The van der Waals surface area contributed by atoms with Crippen molar-refractivity contribution in [3.05, 3.63) is 0 Å². The first-order chi connectivity index (χ1) is 7.72. The van der Waals surface area contributed by atoms with Gasteiger partial charge >= 0.3 is 0 Å². The van der Waals surface area contributed by atoms with E-state index in [9.17, 15) is 5.11 Å². The molecule has 1 unspecified atom stereocenters. The van der Waals surface area contributed by atoms with Gasteiger partial charge in [-0.25, -0.2) is 0 Å². The minimum absolute atomic E-state index is 0.174. The second-order valence-electron chi connectivity index (χ2n) is 6.31. The summed E-state index contributed by atoms with van der Waals surface area (Å²) in [6.45, 7) is 6.25. The largest absolute Gasteiger partial charge is 0.396 e. The minimum atomic E-state index is 0.174. The van der Waals surface area contributed by atoms with E-state index in [0.717, 1.165) is 12.5 Å². The van der Waals surface area contributed by atoms with E-state index in [1.807, 2.05) is 0 Å². The van der Waals surface area contributed by atoms with Gasteiger partial charge in [-0.1, -0.05) is 26.2 Å². The van der Waals surface area contributed by atoms with E-state index in [0.29, 0.717) is 6.61 Å². The van der Waals surface area contributed by atoms with Gasteiger partial charge in [0.1, 0.15) is 0 Å². The highest BCUT2D eigenvalue weighted by atomic mass is 16.3. The Morgan fingerprint density at radius 3 is 2.62 bits per heavy atom. The molecule has 1 N–H and O–H groups in total. The smallest absolute Gasteiger partial charge is 0.0497 e. The van der Waals surface area contributed by atoms with E-state index in [2.05, 4.69) is 11.8 Å². The summed E-state index contributed by atoms with van der Waals surface area (Å²) in [5.74, 6) is 0.940. The Labute approximate surface area is 100 Å². The normalized spacial score (nSPS) is 34.1. The van der Waals surface area contributed by atoms with Crippen LogP contribution in [0.4, 0.5) is 0 Å². The van der Waals surface area contributed by atoms with E-state index in [-0.39, 0.29) is 5.41 Å². The third-order valence-electron chi connectivity index (χ3n) is 4.48. The highest BCUT2D eigenvalue weighted by Gasteiger charge is 2.31. The number of nitrogens with zero attached hydrogens (tertiary/aromatic N) is 1. The molecule has 0 amide bonds.